The van der Waals surface area contributed by atoms with Crippen LogP contribution in [0.2, 0.25) is 5.02 Å². The number of benzene rings is 2. The van der Waals surface area contributed by atoms with Gasteiger partial charge in [0.2, 0.25) is 0 Å². The van der Waals surface area contributed by atoms with E-state index in [0.29, 0.717) is 0 Å². The van der Waals surface area contributed by atoms with Crippen LogP contribution >= 0.6 is 11.6 Å². The van der Waals surface area contributed by atoms with E-state index in [4.69, 9.17) is 16.3 Å². The third kappa shape index (κ3) is 2.90. The number of ketones is 1. The van der Waals surface area contributed by atoms with Gasteiger partial charge in [-0.05, 0) is 31.2 Å². The average Bonchev–Trinajstić information content (AvgIpc) is 2.33. The summed E-state index contributed by atoms with van der Waals surface area (Å²) in [6, 6.07) is 7.52. The predicted molar refractivity (Wildman–Crippen MR) is 67.9 cm³/mol. The molecule has 0 radical (unpaired) electrons. The average molecular weight is 283 g/mol. The van der Waals surface area contributed by atoms with Crippen molar-refractivity contribution in [2.75, 3.05) is 0 Å². The van der Waals surface area contributed by atoms with Gasteiger partial charge in [-0.3, -0.25) is 4.79 Å². The van der Waals surface area contributed by atoms with E-state index >= 15 is 0 Å². The molecule has 0 aromatic heterocycles. The van der Waals surface area contributed by atoms with Gasteiger partial charge in [-0.2, -0.15) is 0 Å². The summed E-state index contributed by atoms with van der Waals surface area (Å²) < 4.78 is 32.0. The molecule has 2 rings (SSSR count). The molecule has 19 heavy (non-hydrogen) atoms. The summed E-state index contributed by atoms with van der Waals surface area (Å²) in [7, 11) is 0. The molecule has 0 heterocycles. The number of ether oxygens (including phenoxy) is 1. The van der Waals surface area contributed by atoms with Crippen LogP contribution in [0.25, 0.3) is 0 Å². The Balaban J connectivity index is 2.46. The topological polar surface area (TPSA) is 26.3 Å². The van der Waals surface area contributed by atoms with Crippen molar-refractivity contribution in [2.45, 2.75) is 6.92 Å². The highest BCUT2D eigenvalue weighted by Gasteiger charge is 2.16. The second-order valence-electron chi connectivity index (χ2n) is 3.85. The molecule has 5 heteroatoms. The lowest BCUT2D eigenvalue weighted by molar-refractivity contribution is 0.101. The second-order valence-corrected chi connectivity index (χ2v) is 4.25. The molecule has 98 valence electrons. The van der Waals surface area contributed by atoms with Crippen LogP contribution in [0.1, 0.15) is 17.3 Å². The van der Waals surface area contributed by atoms with Gasteiger partial charge >= 0.3 is 0 Å². The van der Waals surface area contributed by atoms with Gasteiger partial charge in [-0.25, -0.2) is 8.78 Å². The molecular formula is C14H9ClF2O2. The van der Waals surface area contributed by atoms with Crippen molar-refractivity contribution in [1.29, 1.82) is 0 Å². The number of carbonyl (C=O) groups is 1. The highest BCUT2D eigenvalue weighted by molar-refractivity contribution is 6.32. The molecule has 0 bridgehead atoms. The fourth-order valence-corrected chi connectivity index (χ4v) is 1.76. The number of hydrogen-bond acceptors (Lipinski definition) is 2. The quantitative estimate of drug-likeness (QED) is 0.768. The number of rotatable bonds is 3. The number of halogens is 3. The van der Waals surface area contributed by atoms with Crippen molar-refractivity contribution < 1.29 is 18.3 Å². The fourth-order valence-electron chi connectivity index (χ4n) is 1.60. The van der Waals surface area contributed by atoms with Crippen molar-refractivity contribution in [3.05, 3.63) is 58.6 Å². The number of carbonyl (C=O) groups excluding carboxylic acids is 1. The minimum atomic E-state index is -0.697. The molecule has 0 unspecified atom stereocenters. The van der Waals surface area contributed by atoms with Crippen LogP contribution in [0.3, 0.4) is 0 Å². The van der Waals surface area contributed by atoms with Gasteiger partial charge in [0.15, 0.2) is 5.78 Å². The van der Waals surface area contributed by atoms with Crippen molar-refractivity contribution in [3.8, 4) is 11.5 Å². The van der Waals surface area contributed by atoms with Crippen molar-refractivity contribution in [2.24, 2.45) is 0 Å². The molecule has 0 atom stereocenters. The first-order valence-corrected chi connectivity index (χ1v) is 5.79. The Kier molecular flexibility index (Phi) is 3.81. The summed E-state index contributed by atoms with van der Waals surface area (Å²) in [5.74, 6) is -1.70. The molecule has 0 aliphatic heterocycles. The zero-order valence-corrected chi connectivity index (χ0v) is 10.7. The SMILES string of the molecule is CC(=O)c1c(F)cccc1Oc1cc(F)ccc1Cl. The van der Waals surface area contributed by atoms with Gasteiger partial charge in [0.25, 0.3) is 0 Å². The van der Waals surface area contributed by atoms with E-state index in [1.165, 1.54) is 31.2 Å². The molecule has 0 fully saturated rings. The molecule has 0 spiro atoms. The minimum absolute atomic E-state index is 0. The van der Waals surface area contributed by atoms with Gasteiger partial charge in [-0.15, -0.1) is 0 Å². The summed E-state index contributed by atoms with van der Waals surface area (Å²) >= 11 is 5.85. The molecule has 0 N–H and O–H groups in total. The minimum Gasteiger partial charge on any atom is -0.455 e. The monoisotopic (exact) mass is 282 g/mol. The molecule has 0 aliphatic carbocycles. The Morgan fingerprint density at radius 1 is 1.16 bits per heavy atom. The van der Waals surface area contributed by atoms with Crippen molar-refractivity contribution >= 4 is 17.4 Å². The lowest BCUT2D eigenvalue weighted by atomic mass is 10.1. The lowest BCUT2D eigenvalue weighted by Crippen LogP contribution is -2.01. The van der Waals surface area contributed by atoms with E-state index in [2.05, 4.69) is 0 Å². The van der Waals surface area contributed by atoms with Crippen molar-refractivity contribution in [3.63, 3.8) is 0 Å². The van der Waals surface area contributed by atoms with Crippen LogP contribution in [0.4, 0.5) is 8.78 Å². The molecule has 0 saturated heterocycles. The molecular weight excluding hydrogens is 274 g/mol. The molecule has 2 aromatic carbocycles. The summed E-state index contributed by atoms with van der Waals surface area (Å²) in [6.45, 7) is 1.22. The van der Waals surface area contributed by atoms with Crippen LogP contribution in [-0.4, -0.2) is 5.78 Å². The predicted octanol–water partition coefficient (Wildman–Crippen LogP) is 4.61. The fraction of sp³-hybridized carbons (Fsp3) is 0.0714. The maximum atomic E-state index is 13.6. The Morgan fingerprint density at radius 2 is 1.89 bits per heavy atom. The lowest BCUT2D eigenvalue weighted by Gasteiger charge is -2.11. The highest BCUT2D eigenvalue weighted by atomic mass is 35.5. The van der Waals surface area contributed by atoms with Gasteiger partial charge in [0, 0.05) is 6.07 Å². The van der Waals surface area contributed by atoms with E-state index < -0.39 is 17.4 Å². The van der Waals surface area contributed by atoms with E-state index in [9.17, 15) is 13.6 Å². The zero-order valence-electron chi connectivity index (χ0n) is 9.91. The van der Waals surface area contributed by atoms with E-state index in [1.54, 1.807) is 0 Å². The summed E-state index contributed by atoms with van der Waals surface area (Å²) in [5, 5.41) is 0.167. The maximum Gasteiger partial charge on any atom is 0.166 e. The Hall–Kier alpha value is -1.94. The van der Waals surface area contributed by atoms with Crippen LogP contribution in [0.15, 0.2) is 36.4 Å². The normalized spacial score (nSPS) is 10.3. The van der Waals surface area contributed by atoms with Crippen LogP contribution in [0, 0.1) is 11.6 Å². The third-order valence-electron chi connectivity index (χ3n) is 2.44. The zero-order chi connectivity index (χ0) is 14.0. The summed E-state index contributed by atoms with van der Waals surface area (Å²) in [6.07, 6.45) is 0. The smallest absolute Gasteiger partial charge is 0.166 e. The summed E-state index contributed by atoms with van der Waals surface area (Å²) in [5.41, 5.74) is -0.192. The standard InChI is InChI=1S/C14H9ClF2O2/c1-8(18)14-11(17)3-2-4-12(14)19-13-7-9(16)5-6-10(13)15/h2-7H,1H3. The number of Topliss-reactive ketones (excluding diaryl/α,β-unsaturated/α-hetero) is 1. The third-order valence-corrected chi connectivity index (χ3v) is 2.75. The Morgan fingerprint density at radius 3 is 2.58 bits per heavy atom. The molecule has 0 amide bonds. The second kappa shape index (κ2) is 5.36. The maximum absolute atomic E-state index is 13.6. The van der Waals surface area contributed by atoms with Gasteiger partial charge < -0.3 is 4.74 Å². The van der Waals surface area contributed by atoms with E-state index in [0.717, 1.165) is 12.1 Å². The Labute approximate surface area is 113 Å². The van der Waals surface area contributed by atoms with Crippen LogP contribution < -0.4 is 4.74 Å². The van der Waals surface area contributed by atoms with Crippen LogP contribution in [0.5, 0.6) is 11.5 Å². The molecule has 2 aromatic rings. The Bertz CT molecular complexity index is 641. The first-order valence-electron chi connectivity index (χ1n) is 5.41. The largest absolute Gasteiger partial charge is 0.455 e. The van der Waals surface area contributed by atoms with Gasteiger partial charge in [0.1, 0.15) is 23.1 Å². The molecule has 2 nitrogen and oxygen atoms in total. The van der Waals surface area contributed by atoms with E-state index in [-0.39, 0.29) is 22.1 Å². The van der Waals surface area contributed by atoms with E-state index in [1.807, 2.05) is 0 Å². The van der Waals surface area contributed by atoms with Crippen LogP contribution in [-0.2, 0) is 0 Å². The molecule has 0 saturated carbocycles. The highest BCUT2D eigenvalue weighted by Crippen LogP contribution is 2.32. The summed E-state index contributed by atoms with van der Waals surface area (Å²) in [4.78, 5) is 11.4. The first-order chi connectivity index (χ1) is 8.99. The molecule has 0 aliphatic rings. The number of hydrogen-bond donors (Lipinski definition) is 0. The van der Waals surface area contributed by atoms with Crippen molar-refractivity contribution in [1.82, 2.24) is 0 Å². The first kappa shape index (κ1) is 13.5. The van der Waals surface area contributed by atoms with Gasteiger partial charge in [0.05, 0.1) is 10.6 Å². The van der Waals surface area contributed by atoms with Gasteiger partial charge in [-0.1, -0.05) is 17.7 Å².